The van der Waals surface area contributed by atoms with Gasteiger partial charge < -0.3 is 14.4 Å². The van der Waals surface area contributed by atoms with Gasteiger partial charge in [0.05, 0.1) is 13.2 Å². The Morgan fingerprint density at radius 1 is 1.00 bits per heavy atom. The molecule has 37 heavy (non-hydrogen) atoms. The third-order valence-electron chi connectivity index (χ3n) is 5.92. The molecule has 0 bridgehead atoms. The van der Waals surface area contributed by atoms with Crippen LogP contribution in [0.5, 0.6) is 0 Å². The van der Waals surface area contributed by atoms with Gasteiger partial charge in [-0.1, -0.05) is 60.7 Å². The Kier molecular flexibility index (Phi) is 8.96. The van der Waals surface area contributed by atoms with Crippen molar-refractivity contribution in [3.8, 4) is 0 Å². The van der Waals surface area contributed by atoms with Gasteiger partial charge in [-0.25, -0.2) is 17.9 Å². The average molecular weight is 587 g/mol. The lowest BCUT2D eigenvalue weighted by Gasteiger charge is -2.23. The number of ether oxygens (including phenoxy) is 2. The predicted octanol–water partition coefficient (Wildman–Crippen LogP) is 4.40. The van der Waals surface area contributed by atoms with Gasteiger partial charge in [0, 0.05) is 29.0 Å². The van der Waals surface area contributed by atoms with E-state index in [0.717, 1.165) is 5.56 Å². The first kappa shape index (κ1) is 26.8. The maximum absolute atomic E-state index is 13.0. The van der Waals surface area contributed by atoms with E-state index in [1.165, 1.54) is 6.07 Å². The molecule has 194 valence electrons. The zero-order valence-electron chi connectivity index (χ0n) is 20.0. The summed E-state index contributed by atoms with van der Waals surface area (Å²) in [4.78, 5) is 27.4. The fraction of sp³-hybridized carbons (Fsp3) is 0.259. The Morgan fingerprint density at radius 2 is 1.70 bits per heavy atom. The van der Waals surface area contributed by atoms with E-state index in [1.54, 1.807) is 47.4 Å². The smallest absolute Gasteiger partial charge is 0.410 e. The van der Waals surface area contributed by atoms with Gasteiger partial charge in [0.25, 0.3) is 15.9 Å². The van der Waals surface area contributed by atoms with Crippen molar-refractivity contribution in [3.63, 3.8) is 0 Å². The van der Waals surface area contributed by atoms with Crippen molar-refractivity contribution >= 4 is 38.0 Å². The SMILES string of the molecule is O=C(NS(=O)(=O)c1ccccc1Br)c1ccccc1C[C@@H]1COCCN(C(=O)OCc2ccccc2)C1. The van der Waals surface area contributed by atoms with Crippen LogP contribution in [0.25, 0.3) is 0 Å². The van der Waals surface area contributed by atoms with Crippen LogP contribution in [0.15, 0.2) is 88.2 Å². The molecule has 1 atom stereocenters. The number of hydrogen-bond acceptors (Lipinski definition) is 6. The van der Waals surface area contributed by atoms with Crippen molar-refractivity contribution in [3.05, 3.63) is 100 Å². The van der Waals surface area contributed by atoms with Crippen LogP contribution in [0, 0.1) is 5.92 Å². The number of sulfonamides is 1. The normalized spacial score (nSPS) is 16.0. The van der Waals surface area contributed by atoms with E-state index in [4.69, 9.17) is 9.47 Å². The molecule has 0 aliphatic carbocycles. The van der Waals surface area contributed by atoms with Crippen LogP contribution in [0.1, 0.15) is 21.5 Å². The molecule has 3 aromatic rings. The molecule has 10 heteroatoms. The Morgan fingerprint density at radius 3 is 2.49 bits per heavy atom. The molecule has 1 N–H and O–H groups in total. The lowest BCUT2D eigenvalue weighted by molar-refractivity contribution is 0.0914. The van der Waals surface area contributed by atoms with Gasteiger partial charge in [-0.15, -0.1) is 0 Å². The van der Waals surface area contributed by atoms with Gasteiger partial charge >= 0.3 is 6.09 Å². The zero-order chi connectivity index (χ0) is 26.3. The summed E-state index contributed by atoms with van der Waals surface area (Å²) in [6, 6.07) is 22.6. The Labute approximate surface area is 224 Å². The second-order valence-corrected chi connectivity index (χ2v) is 11.2. The third-order valence-corrected chi connectivity index (χ3v) is 8.27. The monoisotopic (exact) mass is 586 g/mol. The minimum atomic E-state index is -4.08. The van der Waals surface area contributed by atoms with Crippen molar-refractivity contribution in [1.29, 1.82) is 0 Å². The highest BCUT2D eigenvalue weighted by atomic mass is 79.9. The number of amides is 2. The van der Waals surface area contributed by atoms with Crippen molar-refractivity contribution in [2.24, 2.45) is 5.92 Å². The maximum atomic E-state index is 13.0. The van der Waals surface area contributed by atoms with Crippen LogP contribution in [0.2, 0.25) is 0 Å². The molecule has 3 aromatic carbocycles. The van der Waals surface area contributed by atoms with E-state index < -0.39 is 22.0 Å². The van der Waals surface area contributed by atoms with Gasteiger partial charge in [-0.3, -0.25) is 4.79 Å². The number of nitrogens with one attached hydrogen (secondary N) is 1. The van der Waals surface area contributed by atoms with Crippen LogP contribution in [0.4, 0.5) is 4.79 Å². The Bertz CT molecular complexity index is 1350. The van der Waals surface area contributed by atoms with Gasteiger partial charge in [0.1, 0.15) is 11.5 Å². The molecule has 2 amide bonds. The first-order valence-corrected chi connectivity index (χ1v) is 14.0. The van der Waals surface area contributed by atoms with Crippen LogP contribution in [-0.2, 0) is 32.5 Å². The highest BCUT2D eigenvalue weighted by molar-refractivity contribution is 9.10. The molecule has 4 rings (SSSR count). The summed E-state index contributed by atoms with van der Waals surface area (Å²) in [6.07, 6.45) is -0.00821. The minimum Gasteiger partial charge on any atom is -0.445 e. The van der Waals surface area contributed by atoms with Gasteiger partial charge in [-0.2, -0.15) is 0 Å². The zero-order valence-corrected chi connectivity index (χ0v) is 22.4. The minimum absolute atomic E-state index is 0.0253. The van der Waals surface area contributed by atoms with E-state index in [9.17, 15) is 18.0 Å². The number of hydrogen-bond donors (Lipinski definition) is 1. The summed E-state index contributed by atoms with van der Waals surface area (Å²) in [5, 5.41) is 0. The number of carbonyl (C=O) groups is 2. The van der Waals surface area contributed by atoms with Crippen molar-refractivity contribution in [2.75, 3.05) is 26.3 Å². The van der Waals surface area contributed by atoms with Gasteiger partial charge in [0.15, 0.2) is 0 Å². The summed E-state index contributed by atoms with van der Waals surface area (Å²) in [5.74, 6) is -0.833. The first-order chi connectivity index (χ1) is 17.8. The second-order valence-electron chi connectivity index (χ2n) is 8.65. The summed E-state index contributed by atoms with van der Waals surface area (Å²) in [5.41, 5.74) is 1.81. The number of halogens is 1. The van der Waals surface area contributed by atoms with Crippen LogP contribution < -0.4 is 4.72 Å². The molecule has 0 unspecified atom stereocenters. The molecule has 0 radical (unpaired) electrons. The fourth-order valence-corrected chi connectivity index (χ4v) is 6.08. The highest BCUT2D eigenvalue weighted by Gasteiger charge is 2.27. The molecule has 0 saturated carbocycles. The summed E-state index contributed by atoms with van der Waals surface area (Å²) < 4.78 is 39.4. The fourth-order valence-electron chi connectivity index (χ4n) is 4.11. The number of carbonyl (C=O) groups excluding carboxylic acids is 2. The molecule has 8 nitrogen and oxygen atoms in total. The summed E-state index contributed by atoms with van der Waals surface area (Å²) in [6.45, 7) is 1.74. The lowest BCUT2D eigenvalue weighted by Crippen LogP contribution is -2.37. The van der Waals surface area contributed by atoms with Gasteiger partial charge in [-0.05, 0) is 51.7 Å². The topological polar surface area (TPSA) is 102 Å². The highest BCUT2D eigenvalue weighted by Crippen LogP contribution is 2.22. The van der Waals surface area contributed by atoms with E-state index in [2.05, 4.69) is 20.7 Å². The molecule has 1 aliphatic rings. The predicted molar refractivity (Wildman–Crippen MR) is 141 cm³/mol. The number of rotatable bonds is 7. The van der Waals surface area contributed by atoms with Crippen LogP contribution in [-0.4, -0.2) is 51.6 Å². The van der Waals surface area contributed by atoms with Crippen LogP contribution in [0.3, 0.4) is 0 Å². The van der Waals surface area contributed by atoms with Gasteiger partial charge in [0.2, 0.25) is 0 Å². The number of nitrogens with zero attached hydrogens (tertiary/aromatic N) is 1. The van der Waals surface area contributed by atoms with E-state index in [0.29, 0.717) is 42.8 Å². The van der Waals surface area contributed by atoms with Crippen molar-refractivity contribution < 1.29 is 27.5 Å². The third kappa shape index (κ3) is 7.18. The average Bonchev–Trinajstić information content (AvgIpc) is 3.14. The Balaban J connectivity index is 1.43. The van der Waals surface area contributed by atoms with E-state index >= 15 is 0 Å². The largest absolute Gasteiger partial charge is 0.445 e. The second kappa shape index (κ2) is 12.4. The molecule has 0 aromatic heterocycles. The molecular weight excluding hydrogens is 560 g/mol. The standard InChI is InChI=1S/C27H27BrN2O6S/c28-24-12-6-7-13-25(24)37(33,34)29-26(31)23-11-5-4-10-22(23)16-21-17-30(14-15-35-18-21)27(32)36-19-20-8-2-1-3-9-20/h1-13,21H,14-19H2,(H,29,31)/t21-/m0/s1. The Hall–Kier alpha value is -3.21. The first-order valence-electron chi connectivity index (χ1n) is 11.8. The molecule has 1 aliphatic heterocycles. The van der Waals surface area contributed by atoms with E-state index in [1.807, 2.05) is 30.3 Å². The summed E-state index contributed by atoms with van der Waals surface area (Å²) >= 11 is 3.22. The quantitative estimate of drug-likeness (QED) is 0.440. The molecule has 0 spiro atoms. The lowest BCUT2D eigenvalue weighted by atomic mass is 9.95. The molecule has 1 fully saturated rings. The molecule has 1 heterocycles. The van der Waals surface area contributed by atoms with Crippen molar-refractivity contribution in [2.45, 2.75) is 17.9 Å². The number of benzene rings is 3. The van der Waals surface area contributed by atoms with E-state index in [-0.39, 0.29) is 23.0 Å². The van der Waals surface area contributed by atoms with Crippen molar-refractivity contribution in [1.82, 2.24) is 9.62 Å². The molecular formula is C27H27BrN2O6S. The maximum Gasteiger partial charge on any atom is 0.410 e. The van der Waals surface area contributed by atoms with Crippen LogP contribution >= 0.6 is 15.9 Å². The summed E-state index contributed by atoms with van der Waals surface area (Å²) in [7, 11) is -4.08. The molecule has 1 saturated heterocycles.